The maximum atomic E-state index is 11.9. The van der Waals surface area contributed by atoms with Crippen LogP contribution in [0.4, 0.5) is 5.82 Å². The predicted molar refractivity (Wildman–Crippen MR) is 76.0 cm³/mol. The van der Waals surface area contributed by atoms with E-state index >= 15 is 0 Å². The van der Waals surface area contributed by atoms with Gasteiger partial charge in [-0.15, -0.1) is 0 Å². The highest BCUT2D eigenvalue weighted by Crippen LogP contribution is 2.24. The van der Waals surface area contributed by atoms with Gasteiger partial charge in [0.25, 0.3) is 0 Å². The summed E-state index contributed by atoms with van der Waals surface area (Å²) in [6.07, 6.45) is -3.12. The molecule has 0 aromatic carbocycles. The van der Waals surface area contributed by atoms with E-state index in [4.69, 9.17) is 15.6 Å². The molecule has 0 unspecified atom stereocenters. The van der Waals surface area contributed by atoms with Gasteiger partial charge >= 0.3 is 5.69 Å². The summed E-state index contributed by atoms with van der Waals surface area (Å²) in [4.78, 5) is 11.9. The van der Waals surface area contributed by atoms with E-state index in [0.29, 0.717) is 0 Å². The molecule has 1 aliphatic heterocycles. The number of nitrogens with two attached hydrogens (primary N) is 1. The number of hydrogen-bond donors (Lipinski definition) is 4. The van der Waals surface area contributed by atoms with E-state index < -0.39 is 47.2 Å². The van der Waals surface area contributed by atoms with E-state index in [1.54, 1.807) is 0 Å². The van der Waals surface area contributed by atoms with Crippen LogP contribution in [0.15, 0.2) is 17.1 Å². The van der Waals surface area contributed by atoms with Gasteiger partial charge in [0, 0.05) is 6.07 Å². The molecule has 138 valence electrons. The number of hydrogen-bond acceptors (Lipinski definition) is 10. The number of aliphatic hydroxyl groups excluding tert-OH is 3. The van der Waals surface area contributed by atoms with Crippen LogP contribution < -0.4 is 16.0 Å². The first-order chi connectivity index (χ1) is 11.0. The molecule has 1 saturated heterocycles. The van der Waals surface area contributed by atoms with Gasteiger partial charge < -0.3 is 30.3 Å². The van der Waals surface area contributed by atoms with E-state index in [1.165, 1.54) is 23.9 Å². The van der Waals surface area contributed by atoms with Crippen LogP contribution in [0.1, 0.15) is 6.23 Å². The van der Waals surface area contributed by atoms with Crippen LogP contribution in [-0.4, -0.2) is 64.9 Å². The standard InChI is InChI=1S/C10H15N3O5.CH4O4S/c1-12-6(11)2-3-13(10(12)17)9-8(16)7(15)5(4-14)18-9;1-5-6(2,3)4/h2-3,5,7-9,11,14-16H,4H2,1H3;1H3,(H,2,3,4)/t5-,7-,8-,9-;/m1./s1. The van der Waals surface area contributed by atoms with Gasteiger partial charge in [0.05, 0.1) is 20.8 Å². The highest BCUT2D eigenvalue weighted by atomic mass is 32.3. The Labute approximate surface area is 137 Å². The van der Waals surface area contributed by atoms with Crippen molar-refractivity contribution in [2.75, 3.05) is 19.5 Å². The lowest BCUT2D eigenvalue weighted by molar-refractivity contribution is -0.781. The maximum absolute atomic E-state index is 11.9. The Morgan fingerprint density at radius 3 is 2.42 bits per heavy atom. The zero-order valence-corrected chi connectivity index (χ0v) is 13.7. The summed E-state index contributed by atoms with van der Waals surface area (Å²) in [6.45, 7) is -0.440. The molecule has 24 heavy (non-hydrogen) atoms. The van der Waals surface area contributed by atoms with Crippen molar-refractivity contribution in [1.29, 1.82) is 0 Å². The summed E-state index contributed by atoms with van der Waals surface area (Å²) in [5.41, 5.74) is 5.08. The number of aliphatic hydroxyl groups is 3. The lowest BCUT2D eigenvalue weighted by Crippen LogP contribution is -2.59. The van der Waals surface area contributed by atoms with Crippen molar-refractivity contribution in [2.45, 2.75) is 24.5 Å². The van der Waals surface area contributed by atoms with Crippen molar-refractivity contribution in [3.05, 3.63) is 22.7 Å². The third-order valence-corrected chi connectivity index (χ3v) is 3.70. The largest absolute Gasteiger partial charge is 0.726 e. The van der Waals surface area contributed by atoms with Crippen LogP contribution in [0, 0.1) is 0 Å². The summed E-state index contributed by atoms with van der Waals surface area (Å²) in [6, 6.07) is 1.48. The monoisotopic (exact) mass is 369 g/mol. The first-order valence-corrected chi connectivity index (χ1v) is 7.87. The molecule has 0 saturated carbocycles. The fraction of sp³-hybridized carbons (Fsp3) is 0.636. The smallest absolute Gasteiger partial charge is 0.501 e. The zero-order chi connectivity index (χ0) is 18.7. The molecular weight excluding hydrogens is 350 g/mol. The van der Waals surface area contributed by atoms with Gasteiger partial charge in [0.1, 0.15) is 24.5 Å². The molecule has 1 fully saturated rings. The van der Waals surface area contributed by atoms with Crippen molar-refractivity contribution >= 4 is 16.2 Å². The molecule has 0 spiro atoms. The summed E-state index contributed by atoms with van der Waals surface area (Å²) in [5.74, 6) is 0.267. The normalized spacial score (nSPS) is 26.8. The fourth-order valence-corrected chi connectivity index (χ4v) is 1.92. The maximum Gasteiger partial charge on any atom is 0.501 e. The van der Waals surface area contributed by atoms with Gasteiger partial charge in [-0.05, 0) is 0 Å². The number of anilines is 1. The molecule has 12 nitrogen and oxygen atoms in total. The number of nitrogens with zero attached hydrogens (tertiary/aromatic N) is 2. The van der Waals surface area contributed by atoms with Crippen molar-refractivity contribution in [3.8, 4) is 0 Å². The van der Waals surface area contributed by atoms with Gasteiger partial charge in [0.2, 0.25) is 16.6 Å². The molecule has 0 amide bonds. The number of aromatic nitrogens is 2. The minimum Gasteiger partial charge on any atom is -0.726 e. The first kappa shape index (κ1) is 20.4. The minimum absolute atomic E-state index is 0.267. The second-order valence-corrected chi connectivity index (χ2v) is 5.94. The van der Waals surface area contributed by atoms with Crippen molar-refractivity contribution in [3.63, 3.8) is 0 Å². The molecule has 0 aliphatic carbocycles. The average molecular weight is 369 g/mol. The minimum atomic E-state index is -4.41. The molecule has 1 aromatic rings. The Bertz CT molecular complexity index is 720. The molecular formula is C11H19N3O9S. The highest BCUT2D eigenvalue weighted by Gasteiger charge is 2.46. The number of rotatable bonds is 3. The molecule has 13 heteroatoms. The van der Waals surface area contributed by atoms with Gasteiger partial charge in [0.15, 0.2) is 5.82 Å². The Morgan fingerprint density at radius 1 is 1.46 bits per heavy atom. The number of ether oxygens (including phenoxy) is 1. The molecule has 2 heterocycles. The molecule has 0 radical (unpaired) electrons. The van der Waals surface area contributed by atoms with Crippen LogP contribution in [0.3, 0.4) is 0 Å². The summed E-state index contributed by atoms with van der Waals surface area (Å²) in [7, 11) is -2.12. The van der Waals surface area contributed by atoms with E-state index in [1.807, 2.05) is 0 Å². The second-order valence-electron chi connectivity index (χ2n) is 4.79. The molecule has 2 rings (SSSR count). The molecule has 5 N–H and O–H groups in total. The van der Waals surface area contributed by atoms with Gasteiger partial charge in [-0.25, -0.2) is 8.42 Å². The summed E-state index contributed by atoms with van der Waals surface area (Å²) in [5, 5.41) is 28.4. The highest BCUT2D eigenvalue weighted by molar-refractivity contribution is 7.80. The van der Waals surface area contributed by atoms with Gasteiger partial charge in [-0.3, -0.25) is 4.18 Å². The first-order valence-electron chi connectivity index (χ1n) is 6.54. The van der Waals surface area contributed by atoms with Crippen LogP contribution in [-0.2, 0) is 26.4 Å². The summed E-state index contributed by atoms with van der Waals surface area (Å²) < 4.78 is 38.6. The third-order valence-electron chi connectivity index (χ3n) is 3.30. The molecule has 4 atom stereocenters. The Hall–Kier alpha value is -1.61. The van der Waals surface area contributed by atoms with Crippen molar-refractivity contribution in [2.24, 2.45) is 7.05 Å². The zero-order valence-electron chi connectivity index (χ0n) is 12.8. The Balaban J connectivity index is 0.000000413. The Morgan fingerprint density at radius 2 is 2.00 bits per heavy atom. The van der Waals surface area contributed by atoms with E-state index in [-0.39, 0.29) is 5.82 Å². The van der Waals surface area contributed by atoms with Gasteiger partial charge in [-0.1, -0.05) is 0 Å². The van der Waals surface area contributed by atoms with Crippen LogP contribution in [0.5, 0.6) is 0 Å². The lowest BCUT2D eigenvalue weighted by Gasteiger charge is -2.12. The van der Waals surface area contributed by atoms with Crippen molar-refractivity contribution in [1.82, 2.24) is 4.57 Å². The molecule has 1 aliphatic rings. The van der Waals surface area contributed by atoms with Crippen LogP contribution in [0.25, 0.3) is 0 Å². The van der Waals surface area contributed by atoms with Gasteiger partial charge in [-0.2, -0.15) is 13.9 Å². The summed E-state index contributed by atoms with van der Waals surface area (Å²) >= 11 is 0. The molecule has 0 bridgehead atoms. The lowest BCUT2D eigenvalue weighted by atomic mass is 10.1. The van der Waals surface area contributed by atoms with E-state index in [0.717, 1.165) is 11.7 Å². The predicted octanol–water partition coefficient (Wildman–Crippen LogP) is -4.04. The van der Waals surface area contributed by atoms with Crippen LogP contribution >= 0.6 is 0 Å². The average Bonchev–Trinajstić information content (AvgIpc) is 2.81. The number of nitrogen functional groups attached to an aromatic ring is 1. The van der Waals surface area contributed by atoms with Crippen molar-refractivity contribution < 1.29 is 41.8 Å². The SMILES string of the molecule is COS(=O)(=O)[O-].Cn1c(N)cc[n+]([C@@H]2O[C@H](CO)[C@@H](O)[C@H]2O)c1=O. The van der Waals surface area contributed by atoms with E-state index in [9.17, 15) is 28.0 Å². The third kappa shape index (κ3) is 4.70. The quantitative estimate of drug-likeness (QED) is 0.232. The fourth-order valence-electron chi connectivity index (χ4n) is 1.92. The Kier molecular flexibility index (Phi) is 6.79. The van der Waals surface area contributed by atoms with Crippen LogP contribution in [0.2, 0.25) is 0 Å². The second kappa shape index (κ2) is 7.98. The van der Waals surface area contributed by atoms with E-state index in [2.05, 4.69) is 4.18 Å². The topological polar surface area (TPSA) is 188 Å². The molecule has 1 aromatic heterocycles.